The van der Waals surface area contributed by atoms with Crippen LogP contribution in [0.1, 0.15) is 27.7 Å². The molecule has 1 aliphatic rings. The topological polar surface area (TPSA) is 0 Å². The Hall–Kier alpha value is 0.210. The van der Waals surface area contributed by atoms with E-state index in [4.69, 9.17) is 0 Å². The van der Waals surface area contributed by atoms with Crippen LogP contribution >= 0.6 is 10.8 Å². The molecule has 0 saturated carbocycles. The van der Waals surface area contributed by atoms with Crippen LogP contribution in [0.2, 0.25) is 0 Å². The van der Waals surface area contributed by atoms with Crippen LogP contribution in [0.15, 0.2) is 0 Å². The summed E-state index contributed by atoms with van der Waals surface area (Å²) in [6, 6.07) is 0. The number of hydrogen-bond acceptors (Lipinski definition) is 0. The second-order valence-electron chi connectivity index (χ2n) is 2.99. The van der Waals surface area contributed by atoms with Crippen molar-refractivity contribution in [1.82, 2.24) is 0 Å². The summed E-state index contributed by atoms with van der Waals surface area (Å²) < 4.78 is 25.1. The highest BCUT2D eigenvalue weighted by Crippen LogP contribution is 2.60. The van der Waals surface area contributed by atoms with Crippen molar-refractivity contribution in [2.75, 3.05) is 11.5 Å². The molecule has 0 amide bonds. The quantitative estimate of drug-likeness (QED) is 0.536. The van der Waals surface area contributed by atoms with E-state index in [1.165, 1.54) is 0 Å². The molecule has 11 heavy (non-hydrogen) atoms. The van der Waals surface area contributed by atoms with Crippen LogP contribution in [0.5, 0.6) is 0 Å². The Morgan fingerprint density at radius 1 is 1.00 bits per heavy atom. The SMILES string of the molecule is CC.CC1CS(F)(F)CC1C. The molecule has 0 bridgehead atoms. The first-order valence-corrected chi connectivity index (χ1v) is 5.96. The highest BCUT2D eigenvalue weighted by molar-refractivity contribution is 8.25. The van der Waals surface area contributed by atoms with E-state index < -0.39 is 10.8 Å². The third-order valence-electron chi connectivity index (χ3n) is 1.98. The van der Waals surface area contributed by atoms with E-state index in [-0.39, 0.29) is 23.3 Å². The third kappa shape index (κ3) is 3.41. The van der Waals surface area contributed by atoms with Crippen molar-refractivity contribution >= 4 is 10.8 Å². The summed E-state index contributed by atoms with van der Waals surface area (Å²) in [5.41, 5.74) is 0. The summed E-state index contributed by atoms with van der Waals surface area (Å²) in [5, 5.41) is 0. The lowest BCUT2D eigenvalue weighted by molar-refractivity contribution is 0.494. The van der Waals surface area contributed by atoms with E-state index in [0.29, 0.717) is 0 Å². The van der Waals surface area contributed by atoms with Crippen LogP contribution < -0.4 is 0 Å². The molecule has 70 valence electrons. The molecule has 1 heterocycles. The molecule has 0 spiro atoms. The van der Waals surface area contributed by atoms with Gasteiger partial charge in [-0.1, -0.05) is 27.7 Å². The van der Waals surface area contributed by atoms with Gasteiger partial charge in [0.15, 0.2) is 0 Å². The Balaban J connectivity index is 0.000000461. The van der Waals surface area contributed by atoms with Gasteiger partial charge in [-0.05, 0) is 11.8 Å². The van der Waals surface area contributed by atoms with E-state index in [9.17, 15) is 7.77 Å². The van der Waals surface area contributed by atoms with Gasteiger partial charge < -0.3 is 0 Å². The maximum absolute atomic E-state index is 12.5. The highest BCUT2D eigenvalue weighted by atomic mass is 32.3. The lowest BCUT2D eigenvalue weighted by atomic mass is 10.0. The Kier molecular flexibility index (Phi) is 4.37. The van der Waals surface area contributed by atoms with Crippen molar-refractivity contribution in [2.24, 2.45) is 11.8 Å². The Bertz CT molecular complexity index is 103. The zero-order chi connectivity index (χ0) is 9.07. The smallest absolute Gasteiger partial charge is 0.0578 e. The second kappa shape index (κ2) is 4.29. The van der Waals surface area contributed by atoms with Crippen molar-refractivity contribution in [3.05, 3.63) is 0 Å². The van der Waals surface area contributed by atoms with E-state index in [2.05, 4.69) is 0 Å². The Labute approximate surface area is 70.3 Å². The van der Waals surface area contributed by atoms with Crippen LogP contribution in [0.4, 0.5) is 7.77 Å². The number of halogens is 2. The zero-order valence-electron chi connectivity index (χ0n) is 7.73. The Morgan fingerprint density at radius 2 is 1.27 bits per heavy atom. The molecule has 0 nitrogen and oxygen atoms in total. The molecule has 1 rings (SSSR count). The van der Waals surface area contributed by atoms with Crippen molar-refractivity contribution in [1.29, 1.82) is 0 Å². The van der Waals surface area contributed by atoms with E-state index in [1.54, 1.807) is 0 Å². The average molecular weight is 184 g/mol. The summed E-state index contributed by atoms with van der Waals surface area (Å²) in [5.74, 6) is 0.840. The summed E-state index contributed by atoms with van der Waals surface area (Å²) in [4.78, 5) is 0. The van der Waals surface area contributed by atoms with Gasteiger partial charge in [-0.2, -0.15) is 7.77 Å². The first-order valence-electron chi connectivity index (χ1n) is 4.19. The minimum Gasteiger partial charge on any atom is -0.158 e. The summed E-state index contributed by atoms with van der Waals surface area (Å²) >= 11 is 0. The van der Waals surface area contributed by atoms with E-state index in [1.807, 2.05) is 27.7 Å². The van der Waals surface area contributed by atoms with Gasteiger partial charge in [0, 0.05) is 11.5 Å². The average Bonchev–Trinajstić information content (AvgIpc) is 2.10. The van der Waals surface area contributed by atoms with Crippen molar-refractivity contribution < 1.29 is 7.77 Å². The molecule has 0 aromatic carbocycles. The maximum atomic E-state index is 12.5. The molecular formula is C8H18F2S. The molecule has 2 unspecified atom stereocenters. The van der Waals surface area contributed by atoms with Crippen molar-refractivity contribution in [2.45, 2.75) is 27.7 Å². The largest absolute Gasteiger partial charge is 0.158 e. The molecule has 0 radical (unpaired) electrons. The first-order chi connectivity index (χ1) is 5.01. The minimum atomic E-state index is -3.14. The lowest BCUT2D eigenvalue weighted by Gasteiger charge is -2.11. The first kappa shape index (κ1) is 11.2. The zero-order valence-corrected chi connectivity index (χ0v) is 8.55. The van der Waals surface area contributed by atoms with Crippen molar-refractivity contribution in [3.8, 4) is 0 Å². The fourth-order valence-corrected chi connectivity index (χ4v) is 3.50. The molecule has 2 atom stereocenters. The van der Waals surface area contributed by atoms with Crippen LogP contribution in [0.3, 0.4) is 0 Å². The van der Waals surface area contributed by atoms with Gasteiger partial charge in [0.25, 0.3) is 0 Å². The maximum Gasteiger partial charge on any atom is 0.0578 e. The molecule has 0 N–H and O–H groups in total. The van der Waals surface area contributed by atoms with Gasteiger partial charge in [-0.25, -0.2) is 0 Å². The summed E-state index contributed by atoms with van der Waals surface area (Å²) in [7, 11) is -3.14. The van der Waals surface area contributed by atoms with Crippen molar-refractivity contribution in [3.63, 3.8) is 0 Å². The molecular weight excluding hydrogens is 166 g/mol. The van der Waals surface area contributed by atoms with Crippen LogP contribution in [-0.4, -0.2) is 11.5 Å². The molecule has 1 fully saturated rings. The molecule has 0 aromatic heterocycles. The predicted molar refractivity (Wildman–Crippen MR) is 49.2 cm³/mol. The van der Waals surface area contributed by atoms with Gasteiger partial charge >= 0.3 is 0 Å². The van der Waals surface area contributed by atoms with Gasteiger partial charge in [0.05, 0.1) is 10.8 Å². The fraction of sp³-hybridized carbons (Fsp3) is 1.00. The van der Waals surface area contributed by atoms with E-state index in [0.717, 1.165) is 0 Å². The van der Waals surface area contributed by atoms with Gasteiger partial charge in [-0.15, -0.1) is 0 Å². The minimum absolute atomic E-state index is 0.175. The standard InChI is InChI=1S/C6H12F2S.C2H6/c1-5-3-9(7,8)4-6(5)2;1-2/h5-6H,3-4H2,1-2H3;1-2H3. The second-order valence-corrected chi connectivity index (χ2v) is 5.05. The molecule has 0 aromatic rings. The van der Waals surface area contributed by atoms with Crippen LogP contribution in [-0.2, 0) is 0 Å². The highest BCUT2D eigenvalue weighted by Gasteiger charge is 2.37. The predicted octanol–water partition coefficient (Wildman–Crippen LogP) is 3.87. The number of hydrogen-bond donors (Lipinski definition) is 0. The fourth-order valence-electron chi connectivity index (χ4n) is 1.17. The van der Waals surface area contributed by atoms with Crippen LogP contribution in [0.25, 0.3) is 0 Å². The molecule has 1 aliphatic heterocycles. The van der Waals surface area contributed by atoms with Gasteiger partial charge in [0.2, 0.25) is 0 Å². The normalized spacial score (nSPS) is 37.3. The monoisotopic (exact) mass is 184 g/mol. The van der Waals surface area contributed by atoms with E-state index >= 15 is 0 Å². The van der Waals surface area contributed by atoms with Gasteiger partial charge in [0.1, 0.15) is 0 Å². The summed E-state index contributed by atoms with van der Waals surface area (Å²) in [6.45, 7) is 7.83. The molecule has 3 heteroatoms. The molecule has 0 aliphatic carbocycles. The summed E-state index contributed by atoms with van der Waals surface area (Å²) in [6.07, 6.45) is 0. The van der Waals surface area contributed by atoms with Gasteiger partial charge in [-0.3, -0.25) is 0 Å². The van der Waals surface area contributed by atoms with Crippen LogP contribution in [0, 0.1) is 11.8 Å². The third-order valence-corrected chi connectivity index (χ3v) is 4.01. The molecule has 1 saturated heterocycles. The lowest BCUT2D eigenvalue weighted by Crippen LogP contribution is -2.01. The number of rotatable bonds is 0. The Morgan fingerprint density at radius 3 is 1.36 bits per heavy atom.